The van der Waals surface area contributed by atoms with E-state index in [1.54, 1.807) is 0 Å². The summed E-state index contributed by atoms with van der Waals surface area (Å²) in [4.78, 5) is 0. The summed E-state index contributed by atoms with van der Waals surface area (Å²) in [5, 5.41) is 0. The van der Waals surface area contributed by atoms with Gasteiger partial charge in [0.2, 0.25) is 0 Å². The average Bonchev–Trinajstić information content (AvgIpc) is 2.14. The van der Waals surface area contributed by atoms with Crippen LogP contribution in [0.25, 0.3) is 0 Å². The Morgan fingerprint density at radius 1 is 0.933 bits per heavy atom. The summed E-state index contributed by atoms with van der Waals surface area (Å²) in [5.74, 6) is 0. The van der Waals surface area contributed by atoms with Gasteiger partial charge in [-0.3, -0.25) is 0 Å². The van der Waals surface area contributed by atoms with E-state index in [2.05, 4.69) is 13.0 Å². The van der Waals surface area contributed by atoms with Crippen molar-refractivity contribution < 1.29 is 0 Å². The lowest BCUT2D eigenvalue weighted by atomic mass is 10.1. The summed E-state index contributed by atoms with van der Waals surface area (Å²) in [6, 6.07) is 0. The molecule has 0 rings (SSSR count). The van der Waals surface area contributed by atoms with E-state index in [0.29, 0.717) is 0 Å². The highest BCUT2D eigenvalue weighted by Gasteiger charge is 2.14. The SMILES string of the molecule is CCCCCCCCCC=C[Si](C)(Cl)Cl. The van der Waals surface area contributed by atoms with Crippen LogP contribution in [0.5, 0.6) is 0 Å². The maximum absolute atomic E-state index is 5.95. The zero-order chi connectivity index (χ0) is 11.6. The number of unbranched alkanes of at least 4 members (excludes halogenated alkanes) is 7. The molecule has 0 aliphatic rings. The van der Waals surface area contributed by atoms with Crippen LogP contribution < -0.4 is 0 Å². The van der Waals surface area contributed by atoms with E-state index >= 15 is 0 Å². The van der Waals surface area contributed by atoms with Crippen molar-refractivity contribution >= 4 is 28.9 Å². The van der Waals surface area contributed by atoms with Crippen molar-refractivity contribution in [3.8, 4) is 0 Å². The molecule has 15 heavy (non-hydrogen) atoms. The van der Waals surface area contributed by atoms with Gasteiger partial charge < -0.3 is 0 Å². The van der Waals surface area contributed by atoms with Gasteiger partial charge in [0.15, 0.2) is 0 Å². The predicted molar refractivity (Wildman–Crippen MR) is 75.1 cm³/mol. The largest absolute Gasteiger partial charge is 0.270 e. The Hall–Kier alpha value is 0.537. The third-order valence-electron chi connectivity index (χ3n) is 2.38. The van der Waals surface area contributed by atoms with E-state index in [0.717, 1.165) is 6.42 Å². The van der Waals surface area contributed by atoms with Crippen LogP contribution in [-0.4, -0.2) is 6.69 Å². The van der Waals surface area contributed by atoms with Gasteiger partial charge in [-0.15, -0.1) is 22.2 Å². The molecule has 0 N–H and O–H groups in total. The summed E-state index contributed by atoms with van der Waals surface area (Å²) in [6.07, 6.45) is 12.8. The summed E-state index contributed by atoms with van der Waals surface area (Å²) < 4.78 is 0. The van der Waals surface area contributed by atoms with Gasteiger partial charge in [-0.2, -0.15) is 0 Å². The van der Waals surface area contributed by atoms with Crippen LogP contribution in [0, 0.1) is 0 Å². The highest BCUT2D eigenvalue weighted by atomic mass is 35.7. The van der Waals surface area contributed by atoms with Crippen LogP contribution in [0.2, 0.25) is 6.55 Å². The molecule has 0 amide bonds. The molecular weight excluding hydrogens is 243 g/mol. The Morgan fingerprint density at radius 2 is 1.47 bits per heavy atom. The second kappa shape index (κ2) is 9.74. The molecule has 0 fully saturated rings. The molecule has 0 nitrogen and oxygen atoms in total. The predicted octanol–water partition coefficient (Wildman–Crippen LogP) is 5.77. The maximum Gasteiger partial charge on any atom is 0.270 e. The molecule has 3 heteroatoms. The minimum Gasteiger partial charge on any atom is -0.141 e. The van der Waals surface area contributed by atoms with Gasteiger partial charge in [0.05, 0.1) is 0 Å². The molecule has 0 atom stereocenters. The van der Waals surface area contributed by atoms with Crippen molar-refractivity contribution in [2.24, 2.45) is 0 Å². The lowest BCUT2D eigenvalue weighted by molar-refractivity contribution is 0.592. The molecule has 0 saturated carbocycles. The van der Waals surface area contributed by atoms with E-state index in [4.69, 9.17) is 22.2 Å². The molecule has 0 unspecified atom stereocenters. The number of hydrogen-bond acceptors (Lipinski definition) is 0. The smallest absolute Gasteiger partial charge is 0.141 e. The molecule has 0 bridgehead atoms. The summed E-state index contributed by atoms with van der Waals surface area (Å²) in [5.41, 5.74) is 2.01. The van der Waals surface area contributed by atoms with E-state index in [1.807, 2.05) is 12.2 Å². The van der Waals surface area contributed by atoms with Gasteiger partial charge >= 0.3 is 0 Å². The third-order valence-corrected chi connectivity index (χ3v) is 3.96. The van der Waals surface area contributed by atoms with E-state index in [-0.39, 0.29) is 0 Å². The Bertz CT molecular complexity index is 161. The second-order valence-corrected chi connectivity index (χ2v) is 11.8. The lowest BCUT2D eigenvalue weighted by Crippen LogP contribution is -2.07. The highest BCUT2D eigenvalue weighted by Crippen LogP contribution is 2.16. The normalized spacial score (nSPS) is 12.5. The molecular formula is C12H24Cl2Si. The molecule has 0 aliphatic heterocycles. The zero-order valence-electron chi connectivity index (χ0n) is 10.1. The van der Waals surface area contributed by atoms with Crippen molar-refractivity contribution in [2.75, 3.05) is 0 Å². The Morgan fingerprint density at radius 3 is 2.00 bits per heavy atom. The second-order valence-electron chi connectivity index (χ2n) is 4.27. The number of hydrogen-bond donors (Lipinski definition) is 0. The van der Waals surface area contributed by atoms with Gasteiger partial charge in [-0.1, -0.05) is 57.2 Å². The highest BCUT2D eigenvalue weighted by molar-refractivity contribution is 7.47. The van der Waals surface area contributed by atoms with Gasteiger partial charge in [0.25, 0.3) is 6.69 Å². The van der Waals surface area contributed by atoms with Gasteiger partial charge in [0.1, 0.15) is 0 Å². The van der Waals surface area contributed by atoms with E-state index < -0.39 is 6.69 Å². The van der Waals surface area contributed by atoms with Crippen LogP contribution in [0.3, 0.4) is 0 Å². The van der Waals surface area contributed by atoms with Crippen LogP contribution in [0.4, 0.5) is 0 Å². The standard InChI is InChI=1S/C12H24Cl2Si/c1-3-4-5-6-7-8-9-10-11-12-15(2,13)14/h11-12H,3-10H2,1-2H3. The minimum atomic E-state index is -1.98. The Balaban J connectivity index is 3.15. The van der Waals surface area contributed by atoms with Gasteiger partial charge in [0, 0.05) is 0 Å². The first-order valence-corrected chi connectivity index (χ1v) is 10.7. The molecule has 0 heterocycles. The molecule has 0 aromatic rings. The maximum atomic E-state index is 5.95. The van der Waals surface area contributed by atoms with Crippen molar-refractivity contribution in [3.63, 3.8) is 0 Å². The topological polar surface area (TPSA) is 0 Å². The fourth-order valence-corrected chi connectivity index (χ4v) is 2.62. The van der Waals surface area contributed by atoms with Crippen molar-refractivity contribution in [1.82, 2.24) is 0 Å². The summed E-state index contributed by atoms with van der Waals surface area (Å²) >= 11 is 11.9. The molecule has 0 saturated heterocycles. The Labute approximate surface area is 105 Å². The molecule has 0 aliphatic carbocycles. The quantitative estimate of drug-likeness (QED) is 0.282. The van der Waals surface area contributed by atoms with Crippen LogP contribution in [-0.2, 0) is 0 Å². The third kappa shape index (κ3) is 14.5. The van der Waals surface area contributed by atoms with Crippen LogP contribution in [0.15, 0.2) is 11.8 Å². The monoisotopic (exact) mass is 266 g/mol. The first-order chi connectivity index (χ1) is 7.06. The van der Waals surface area contributed by atoms with Gasteiger partial charge in [-0.05, 0) is 19.4 Å². The fourth-order valence-electron chi connectivity index (χ4n) is 1.51. The summed E-state index contributed by atoms with van der Waals surface area (Å²) in [6.45, 7) is 2.20. The summed E-state index contributed by atoms with van der Waals surface area (Å²) in [7, 11) is 0. The molecule has 0 aromatic carbocycles. The zero-order valence-corrected chi connectivity index (χ0v) is 12.6. The van der Waals surface area contributed by atoms with Gasteiger partial charge in [-0.25, -0.2) is 0 Å². The van der Waals surface area contributed by atoms with Crippen LogP contribution >= 0.6 is 22.2 Å². The van der Waals surface area contributed by atoms with Crippen molar-refractivity contribution in [3.05, 3.63) is 11.8 Å². The first kappa shape index (κ1) is 15.5. The van der Waals surface area contributed by atoms with Crippen molar-refractivity contribution in [2.45, 2.75) is 64.8 Å². The molecule has 0 aromatic heterocycles. The average molecular weight is 267 g/mol. The molecule has 0 radical (unpaired) electrons. The number of halogens is 2. The lowest BCUT2D eigenvalue weighted by Gasteiger charge is -2.02. The first-order valence-electron chi connectivity index (χ1n) is 6.12. The van der Waals surface area contributed by atoms with Crippen molar-refractivity contribution in [1.29, 1.82) is 0 Å². The van der Waals surface area contributed by atoms with E-state index in [9.17, 15) is 0 Å². The minimum absolute atomic E-state index is 1.13. The number of rotatable bonds is 9. The van der Waals surface area contributed by atoms with Crippen LogP contribution in [0.1, 0.15) is 58.3 Å². The fraction of sp³-hybridized carbons (Fsp3) is 0.833. The number of allylic oxidation sites excluding steroid dienone is 1. The molecule has 0 spiro atoms. The molecule has 90 valence electrons. The van der Waals surface area contributed by atoms with E-state index in [1.165, 1.54) is 44.9 Å². The Kier molecular flexibility index (Phi) is 10.1.